The molecule has 2 aliphatic heterocycles. The van der Waals surface area contributed by atoms with Gasteiger partial charge in [-0.25, -0.2) is 0 Å². The third kappa shape index (κ3) is 1.61. The Hall–Kier alpha value is -0.570. The van der Waals surface area contributed by atoms with E-state index in [1.165, 1.54) is 18.6 Å². The molecule has 2 bridgehead atoms. The lowest BCUT2D eigenvalue weighted by Gasteiger charge is -2.21. The zero-order valence-corrected chi connectivity index (χ0v) is 7.55. The number of piperidine rings is 1. The first-order valence-electron chi connectivity index (χ1n) is 4.82. The Morgan fingerprint density at radius 1 is 1.42 bits per heavy atom. The van der Waals surface area contributed by atoms with Crippen molar-refractivity contribution in [2.75, 3.05) is 6.61 Å². The Labute approximate surface area is 73.2 Å². The minimum atomic E-state index is 0.683. The van der Waals surface area contributed by atoms with Crippen LogP contribution in [0.15, 0.2) is 5.16 Å². The lowest BCUT2D eigenvalue weighted by Crippen LogP contribution is -2.38. The minimum Gasteiger partial charge on any atom is -0.396 e. The largest absolute Gasteiger partial charge is 0.396 e. The fourth-order valence-corrected chi connectivity index (χ4v) is 2.11. The highest BCUT2D eigenvalue weighted by molar-refractivity contribution is 5.86. The molecule has 12 heavy (non-hydrogen) atoms. The van der Waals surface area contributed by atoms with Crippen LogP contribution in [0.1, 0.15) is 32.6 Å². The zero-order chi connectivity index (χ0) is 8.39. The third-order valence-corrected chi connectivity index (χ3v) is 2.62. The molecule has 0 amide bonds. The summed E-state index contributed by atoms with van der Waals surface area (Å²) in [5.41, 5.74) is 1.25. The number of fused-ring (bicyclic) bond motifs is 2. The van der Waals surface area contributed by atoms with E-state index >= 15 is 0 Å². The van der Waals surface area contributed by atoms with Gasteiger partial charge in [-0.2, -0.15) is 0 Å². The minimum absolute atomic E-state index is 0.683. The van der Waals surface area contributed by atoms with Gasteiger partial charge in [0.15, 0.2) is 0 Å². The predicted molar refractivity (Wildman–Crippen MR) is 48.2 cm³/mol. The summed E-state index contributed by atoms with van der Waals surface area (Å²) in [6.45, 7) is 2.66. The van der Waals surface area contributed by atoms with E-state index < -0.39 is 0 Å². The maximum absolute atomic E-state index is 5.06. The van der Waals surface area contributed by atoms with E-state index in [1.807, 2.05) is 6.92 Å². The fourth-order valence-electron chi connectivity index (χ4n) is 2.11. The van der Waals surface area contributed by atoms with Crippen LogP contribution in [0.2, 0.25) is 0 Å². The molecule has 3 heteroatoms. The zero-order valence-electron chi connectivity index (χ0n) is 7.55. The summed E-state index contributed by atoms with van der Waals surface area (Å²) in [5, 5.41) is 7.68. The summed E-state index contributed by atoms with van der Waals surface area (Å²) in [4.78, 5) is 5.06. The maximum atomic E-state index is 5.06. The van der Waals surface area contributed by atoms with E-state index in [4.69, 9.17) is 4.84 Å². The molecule has 0 saturated carbocycles. The van der Waals surface area contributed by atoms with Crippen molar-refractivity contribution in [2.45, 2.75) is 44.7 Å². The Kier molecular flexibility index (Phi) is 2.30. The van der Waals surface area contributed by atoms with Gasteiger partial charge >= 0.3 is 0 Å². The summed E-state index contributed by atoms with van der Waals surface area (Å²) in [7, 11) is 0. The van der Waals surface area contributed by atoms with Crippen molar-refractivity contribution in [3.8, 4) is 0 Å². The Morgan fingerprint density at radius 3 is 2.67 bits per heavy atom. The number of nitrogens with zero attached hydrogens (tertiary/aromatic N) is 1. The molecule has 2 unspecified atom stereocenters. The van der Waals surface area contributed by atoms with E-state index in [-0.39, 0.29) is 0 Å². The van der Waals surface area contributed by atoms with Gasteiger partial charge in [-0.3, -0.25) is 0 Å². The van der Waals surface area contributed by atoms with Crippen LogP contribution in [-0.2, 0) is 4.84 Å². The number of nitrogens with one attached hydrogen (secondary N) is 1. The first kappa shape index (κ1) is 8.05. The highest BCUT2D eigenvalue weighted by atomic mass is 16.6. The molecule has 2 fully saturated rings. The lowest BCUT2D eigenvalue weighted by molar-refractivity contribution is 0.156. The molecule has 1 N–H and O–H groups in total. The molecule has 2 rings (SSSR count). The molecule has 68 valence electrons. The van der Waals surface area contributed by atoms with Gasteiger partial charge in [0.1, 0.15) is 6.61 Å². The van der Waals surface area contributed by atoms with Gasteiger partial charge in [0, 0.05) is 24.9 Å². The van der Waals surface area contributed by atoms with Gasteiger partial charge in [0.2, 0.25) is 0 Å². The summed E-state index contributed by atoms with van der Waals surface area (Å²) in [6.07, 6.45) is 4.82. The van der Waals surface area contributed by atoms with Gasteiger partial charge in [-0.15, -0.1) is 0 Å². The highest BCUT2D eigenvalue weighted by Crippen LogP contribution is 2.24. The van der Waals surface area contributed by atoms with Crippen molar-refractivity contribution in [2.24, 2.45) is 5.16 Å². The van der Waals surface area contributed by atoms with Gasteiger partial charge in [0.25, 0.3) is 0 Å². The second kappa shape index (κ2) is 3.44. The number of hydrogen-bond donors (Lipinski definition) is 1. The van der Waals surface area contributed by atoms with Crippen molar-refractivity contribution in [1.29, 1.82) is 0 Å². The molecule has 2 atom stereocenters. The van der Waals surface area contributed by atoms with Crippen LogP contribution in [0, 0.1) is 0 Å². The molecule has 2 aliphatic rings. The third-order valence-electron chi connectivity index (χ3n) is 2.62. The average Bonchev–Trinajstić information content (AvgIpc) is 2.42. The molecule has 3 nitrogen and oxygen atoms in total. The highest BCUT2D eigenvalue weighted by Gasteiger charge is 2.31. The van der Waals surface area contributed by atoms with Crippen molar-refractivity contribution < 1.29 is 4.84 Å². The van der Waals surface area contributed by atoms with Crippen LogP contribution < -0.4 is 5.32 Å². The molecule has 0 aromatic rings. The summed E-state index contributed by atoms with van der Waals surface area (Å²) >= 11 is 0. The Morgan fingerprint density at radius 2 is 2.08 bits per heavy atom. The molecule has 0 radical (unpaired) electrons. The first-order chi connectivity index (χ1) is 5.88. The van der Waals surface area contributed by atoms with Crippen molar-refractivity contribution in [3.63, 3.8) is 0 Å². The molecule has 0 spiro atoms. The van der Waals surface area contributed by atoms with E-state index in [9.17, 15) is 0 Å². The second-order valence-electron chi connectivity index (χ2n) is 3.62. The van der Waals surface area contributed by atoms with Crippen LogP contribution in [0.25, 0.3) is 0 Å². The molecular weight excluding hydrogens is 152 g/mol. The van der Waals surface area contributed by atoms with Crippen LogP contribution in [-0.4, -0.2) is 24.4 Å². The van der Waals surface area contributed by atoms with Gasteiger partial charge in [-0.05, 0) is 19.8 Å². The first-order valence-corrected chi connectivity index (χ1v) is 4.82. The van der Waals surface area contributed by atoms with E-state index in [1.54, 1.807) is 0 Å². The quantitative estimate of drug-likeness (QED) is 0.630. The lowest BCUT2D eigenvalue weighted by atomic mass is 10.0. The summed E-state index contributed by atoms with van der Waals surface area (Å²) in [5.74, 6) is 0. The Balaban J connectivity index is 1.93. The van der Waals surface area contributed by atoms with Gasteiger partial charge < -0.3 is 10.2 Å². The van der Waals surface area contributed by atoms with Crippen molar-refractivity contribution in [3.05, 3.63) is 0 Å². The van der Waals surface area contributed by atoms with Gasteiger partial charge in [0.05, 0.1) is 5.71 Å². The topological polar surface area (TPSA) is 33.6 Å². The molecule has 2 saturated heterocycles. The molecule has 2 heterocycles. The smallest absolute Gasteiger partial charge is 0.114 e. The summed E-state index contributed by atoms with van der Waals surface area (Å²) < 4.78 is 0. The van der Waals surface area contributed by atoms with E-state index in [2.05, 4.69) is 10.5 Å². The van der Waals surface area contributed by atoms with E-state index in [0.29, 0.717) is 18.7 Å². The van der Waals surface area contributed by atoms with Crippen LogP contribution in [0.5, 0.6) is 0 Å². The number of oxime groups is 1. The van der Waals surface area contributed by atoms with Crippen LogP contribution in [0.3, 0.4) is 0 Å². The number of rotatable bonds is 2. The SMILES string of the molecule is CCON=C1CC2CCC(C1)N2. The molecular formula is C9H16N2O. The fraction of sp³-hybridized carbons (Fsp3) is 0.889. The normalized spacial score (nSPS) is 33.6. The second-order valence-corrected chi connectivity index (χ2v) is 3.62. The molecule has 0 aromatic heterocycles. The number of hydrogen-bond acceptors (Lipinski definition) is 3. The van der Waals surface area contributed by atoms with E-state index in [0.717, 1.165) is 12.8 Å². The monoisotopic (exact) mass is 168 g/mol. The van der Waals surface area contributed by atoms with Crippen molar-refractivity contribution >= 4 is 5.71 Å². The maximum Gasteiger partial charge on any atom is 0.114 e. The van der Waals surface area contributed by atoms with Gasteiger partial charge in [-0.1, -0.05) is 5.16 Å². The van der Waals surface area contributed by atoms with Crippen LogP contribution in [0.4, 0.5) is 0 Å². The van der Waals surface area contributed by atoms with Crippen LogP contribution >= 0.6 is 0 Å². The average molecular weight is 168 g/mol. The molecule has 0 aromatic carbocycles. The predicted octanol–water partition coefficient (Wildman–Crippen LogP) is 1.29. The Bertz CT molecular complexity index is 177. The molecule has 0 aliphatic carbocycles. The summed E-state index contributed by atoms with van der Waals surface area (Å²) in [6, 6.07) is 1.37. The standard InChI is InChI=1S/C9H16N2O/c1-2-12-11-9-5-7-3-4-8(6-9)10-7/h7-8,10H,2-6H2,1H3. The van der Waals surface area contributed by atoms with Crippen molar-refractivity contribution in [1.82, 2.24) is 5.32 Å².